The molecule has 1 amide bonds. The highest BCUT2D eigenvalue weighted by atomic mass is 35.5. The smallest absolute Gasteiger partial charge is 0.276 e. The third kappa shape index (κ3) is 4.82. The SMILES string of the molecule is CCC[C@@]1(CO)CN(C(=O)c2ncccc2OCCN)CC[C@@H]1O.Cl. The van der Waals surface area contributed by atoms with Crippen LogP contribution in [0.4, 0.5) is 0 Å². The summed E-state index contributed by atoms with van der Waals surface area (Å²) in [5.41, 5.74) is 5.02. The van der Waals surface area contributed by atoms with Gasteiger partial charge in [-0.05, 0) is 25.0 Å². The van der Waals surface area contributed by atoms with Gasteiger partial charge in [0.1, 0.15) is 6.61 Å². The molecule has 0 bridgehead atoms. The molecule has 7 nitrogen and oxygen atoms in total. The lowest BCUT2D eigenvalue weighted by Crippen LogP contribution is -2.55. The van der Waals surface area contributed by atoms with Crippen molar-refractivity contribution in [1.82, 2.24) is 9.88 Å². The number of pyridine rings is 1. The lowest BCUT2D eigenvalue weighted by atomic mass is 9.74. The third-order valence-corrected chi connectivity index (χ3v) is 4.58. The summed E-state index contributed by atoms with van der Waals surface area (Å²) >= 11 is 0. The van der Waals surface area contributed by atoms with Crippen LogP contribution in [-0.2, 0) is 0 Å². The van der Waals surface area contributed by atoms with Crippen LogP contribution in [0.15, 0.2) is 18.3 Å². The number of nitrogens with two attached hydrogens (primary N) is 1. The highest BCUT2D eigenvalue weighted by Gasteiger charge is 2.43. The van der Waals surface area contributed by atoms with E-state index in [9.17, 15) is 15.0 Å². The van der Waals surface area contributed by atoms with Gasteiger partial charge in [0, 0.05) is 31.2 Å². The number of ether oxygens (including phenoxy) is 1. The Labute approximate surface area is 154 Å². The fourth-order valence-electron chi connectivity index (χ4n) is 3.29. The Hall–Kier alpha value is -1.41. The van der Waals surface area contributed by atoms with Gasteiger partial charge in [0.25, 0.3) is 5.91 Å². The standard InChI is InChI=1S/C17H27N3O4.ClH/c1-2-6-17(12-21)11-20(9-5-14(17)22)16(23)15-13(24-10-7-18)4-3-8-19-15;/h3-4,8,14,21-22H,2,5-7,9-12,18H2,1H3;1H/t14-,17-;/m0./s1. The molecule has 1 aromatic rings. The molecule has 1 aliphatic rings. The maximum Gasteiger partial charge on any atom is 0.276 e. The molecule has 25 heavy (non-hydrogen) atoms. The van der Waals surface area contributed by atoms with Crippen LogP contribution in [0.5, 0.6) is 5.75 Å². The summed E-state index contributed by atoms with van der Waals surface area (Å²) in [5.74, 6) is 0.160. The zero-order valence-corrected chi connectivity index (χ0v) is 15.4. The lowest BCUT2D eigenvalue weighted by Gasteiger charge is -2.45. The van der Waals surface area contributed by atoms with E-state index in [1.54, 1.807) is 23.2 Å². The second-order valence-corrected chi connectivity index (χ2v) is 6.29. The molecule has 0 unspecified atom stereocenters. The van der Waals surface area contributed by atoms with E-state index in [0.717, 1.165) is 6.42 Å². The van der Waals surface area contributed by atoms with E-state index in [2.05, 4.69) is 4.98 Å². The summed E-state index contributed by atoms with van der Waals surface area (Å²) in [4.78, 5) is 18.7. The van der Waals surface area contributed by atoms with Crippen molar-refractivity contribution in [1.29, 1.82) is 0 Å². The highest BCUT2D eigenvalue weighted by Crippen LogP contribution is 2.35. The first-order chi connectivity index (χ1) is 11.6. The number of hydrogen-bond acceptors (Lipinski definition) is 6. The first kappa shape index (κ1) is 21.6. The third-order valence-electron chi connectivity index (χ3n) is 4.58. The second-order valence-electron chi connectivity index (χ2n) is 6.29. The molecule has 0 spiro atoms. The highest BCUT2D eigenvalue weighted by molar-refractivity contribution is 5.95. The number of rotatable bonds is 7. The number of carbonyl (C=O) groups excluding carboxylic acids is 1. The first-order valence-corrected chi connectivity index (χ1v) is 8.44. The normalized spacial score (nSPS) is 23.0. The zero-order valence-electron chi connectivity index (χ0n) is 14.6. The van der Waals surface area contributed by atoms with E-state index in [4.69, 9.17) is 10.5 Å². The minimum absolute atomic E-state index is 0. The Morgan fingerprint density at radius 3 is 2.96 bits per heavy atom. The fraction of sp³-hybridized carbons (Fsp3) is 0.647. The number of amides is 1. The van der Waals surface area contributed by atoms with Crippen molar-refractivity contribution in [3.63, 3.8) is 0 Å². The molecule has 4 N–H and O–H groups in total. The first-order valence-electron chi connectivity index (χ1n) is 8.44. The lowest BCUT2D eigenvalue weighted by molar-refractivity contribution is -0.0721. The number of nitrogens with zero attached hydrogens (tertiary/aromatic N) is 2. The minimum atomic E-state index is -0.671. The van der Waals surface area contributed by atoms with Crippen LogP contribution >= 0.6 is 12.4 Å². The van der Waals surface area contributed by atoms with Crippen molar-refractivity contribution in [3.05, 3.63) is 24.0 Å². The number of aliphatic hydroxyl groups is 2. The van der Waals surface area contributed by atoms with Crippen LogP contribution in [0.25, 0.3) is 0 Å². The number of carbonyl (C=O) groups is 1. The van der Waals surface area contributed by atoms with Crippen LogP contribution < -0.4 is 10.5 Å². The van der Waals surface area contributed by atoms with Crippen molar-refractivity contribution >= 4 is 18.3 Å². The molecule has 1 aliphatic heterocycles. The van der Waals surface area contributed by atoms with Crippen LogP contribution in [0.2, 0.25) is 0 Å². The van der Waals surface area contributed by atoms with E-state index in [-0.39, 0.29) is 30.6 Å². The number of likely N-dealkylation sites (tertiary alicyclic amines) is 1. The number of halogens is 1. The molecule has 0 radical (unpaired) electrons. The molecule has 1 fully saturated rings. The number of hydrogen-bond donors (Lipinski definition) is 3. The molecule has 1 saturated heterocycles. The molecule has 8 heteroatoms. The van der Waals surface area contributed by atoms with Crippen molar-refractivity contribution in [2.75, 3.05) is 32.8 Å². The van der Waals surface area contributed by atoms with Crippen LogP contribution in [0, 0.1) is 5.41 Å². The van der Waals surface area contributed by atoms with Gasteiger partial charge in [-0.15, -0.1) is 12.4 Å². The van der Waals surface area contributed by atoms with E-state index < -0.39 is 11.5 Å². The molecule has 2 heterocycles. The average Bonchev–Trinajstić information content (AvgIpc) is 2.61. The van der Waals surface area contributed by atoms with Gasteiger partial charge in [-0.25, -0.2) is 4.98 Å². The Kier molecular flexibility index (Phi) is 8.58. The zero-order chi connectivity index (χ0) is 17.6. The predicted octanol–water partition coefficient (Wildman–Crippen LogP) is 0.827. The van der Waals surface area contributed by atoms with Gasteiger partial charge in [0.15, 0.2) is 11.4 Å². The van der Waals surface area contributed by atoms with Gasteiger partial charge >= 0.3 is 0 Å². The van der Waals surface area contributed by atoms with Crippen molar-refractivity contribution in [2.24, 2.45) is 11.1 Å². The summed E-state index contributed by atoms with van der Waals surface area (Å²) in [5, 5.41) is 20.2. The fourth-order valence-corrected chi connectivity index (χ4v) is 3.29. The number of piperidine rings is 1. The molecule has 2 atom stereocenters. The van der Waals surface area contributed by atoms with Crippen molar-refractivity contribution < 1.29 is 19.7 Å². The van der Waals surface area contributed by atoms with E-state index in [1.165, 1.54) is 0 Å². The number of aromatic nitrogens is 1. The summed E-state index contributed by atoms with van der Waals surface area (Å²) < 4.78 is 5.51. The average molecular weight is 374 g/mol. The molecular weight excluding hydrogens is 346 g/mol. The molecule has 0 saturated carbocycles. The van der Waals surface area contributed by atoms with Crippen molar-refractivity contribution in [2.45, 2.75) is 32.3 Å². The second kappa shape index (κ2) is 9.91. The quantitative estimate of drug-likeness (QED) is 0.653. The van der Waals surface area contributed by atoms with Gasteiger partial charge in [0.05, 0.1) is 12.7 Å². The van der Waals surface area contributed by atoms with Crippen LogP contribution in [-0.4, -0.2) is 65.0 Å². The summed E-state index contributed by atoms with van der Waals surface area (Å²) in [7, 11) is 0. The van der Waals surface area contributed by atoms with Crippen molar-refractivity contribution in [3.8, 4) is 5.75 Å². The summed E-state index contributed by atoms with van der Waals surface area (Å²) in [6.45, 7) is 3.25. The largest absolute Gasteiger partial charge is 0.490 e. The van der Waals surface area contributed by atoms with Gasteiger partial charge in [-0.3, -0.25) is 4.79 Å². The maximum absolute atomic E-state index is 12.9. The Balaban J connectivity index is 0.00000312. The van der Waals surface area contributed by atoms with Crippen LogP contribution in [0.3, 0.4) is 0 Å². The molecular formula is C17H28ClN3O4. The van der Waals surface area contributed by atoms with Gasteiger partial charge in [0.2, 0.25) is 0 Å². The molecule has 1 aromatic heterocycles. The topological polar surface area (TPSA) is 109 Å². The van der Waals surface area contributed by atoms with E-state index >= 15 is 0 Å². The van der Waals surface area contributed by atoms with E-state index in [0.29, 0.717) is 44.8 Å². The maximum atomic E-state index is 12.9. The van der Waals surface area contributed by atoms with Gasteiger partial charge < -0.3 is 25.6 Å². The molecule has 0 aliphatic carbocycles. The van der Waals surface area contributed by atoms with Crippen LogP contribution in [0.1, 0.15) is 36.7 Å². The minimum Gasteiger partial charge on any atom is -0.490 e. The molecule has 0 aromatic carbocycles. The Bertz CT molecular complexity index is 560. The Morgan fingerprint density at radius 2 is 2.32 bits per heavy atom. The molecule has 142 valence electrons. The molecule has 2 rings (SSSR count). The van der Waals surface area contributed by atoms with Gasteiger partial charge in [-0.1, -0.05) is 13.3 Å². The summed E-state index contributed by atoms with van der Waals surface area (Å²) in [6.07, 6.45) is 2.87. The summed E-state index contributed by atoms with van der Waals surface area (Å²) in [6, 6.07) is 3.40. The van der Waals surface area contributed by atoms with Gasteiger partial charge in [-0.2, -0.15) is 0 Å². The number of aliphatic hydroxyl groups excluding tert-OH is 2. The monoisotopic (exact) mass is 373 g/mol. The van der Waals surface area contributed by atoms with E-state index in [1.807, 2.05) is 6.92 Å². The predicted molar refractivity (Wildman–Crippen MR) is 97.0 cm³/mol. The Morgan fingerprint density at radius 1 is 1.56 bits per heavy atom.